The predicted octanol–water partition coefficient (Wildman–Crippen LogP) is 3.91. The second kappa shape index (κ2) is 7.41. The highest BCUT2D eigenvalue weighted by Crippen LogP contribution is 2.29. The molecule has 2 heterocycles. The van der Waals surface area contributed by atoms with E-state index in [1.165, 1.54) is 29.1 Å². The van der Waals surface area contributed by atoms with Crippen LogP contribution in [-0.4, -0.2) is 36.1 Å². The Morgan fingerprint density at radius 3 is 2.68 bits per heavy atom. The lowest BCUT2D eigenvalue weighted by atomic mass is 10.1. The van der Waals surface area contributed by atoms with Crippen molar-refractivity contribution in [3.05, 3.63) is 65.9 Å². The zero-order valence-electron chi connectivity index (χ0n) is 15.3. The molecule has 1 aromatic heterocycles. The molecular formula is C21H18F2N4O. The van der Waals surface area contributed by atoms with Gasteiger partial charge in [-0.25, -0.2) is 13.5 Å². The zero-order valence-corrected chi connectivity index (χ0v) is 15.3. The molecule has 1 saturated heterocycles. The molecule has 1 aliphatic heterocycles. The zero-order chi connectivity index (χ0) is 19.7. The first kappa shape index (κ1) is 18.1. The Labute approximate surface area is 161 Å². The Hall–Kier alpha value is -3.24. The smallest absolute Gasteiger partial charge is 0.150 e. The lowest BCUT2D eigenvalue weighted by Gasteiger charge is -2.19. The van der Waals surface area contributed by atoms with E-state index >= 15 is 0 Å². The van der Waals surface area contributed by atoms with Gasteiger partial charge in [0.15, 0.2) is 5.82 Å². The molecule has 0 bridgehead atoms. The number of methoxy groups -OCH3 is 1. The number of rotatable bonds is 4. The van der Waals surface area contributed by atoms with E-state index in [0.717, 1.165) is 25.2 Å². The number of ether oxygens (including phenoxy) is 1. The van der Waals surface area contributed by atoms with Crippen molar-refractivity contribution >= 4 is 5.69 Å². The van der Waals surface area contributed by atoms with Crippen molar-refractivity contribution in [2.75, 3.05) is 25.1 Å². The van der Waals surface area contributed by atoms with E-state index in [9.17, 15) is 8.78 Å². The van der Waals surface area contributed by atoms with E-state index in [1.54, 1.807) is 31.4 Å². The fraction of sp³-hybridized carbons (Fsp3) is 0.238. The van der Waals surface area contributed by atoms with Crippen LogP contribution in [0.5, 0.6) is 0 Å². The summed E-state index contributed by atoms with van der Waals surface area (Å²) in [6.45, 7) is 1.54. The summed E-state index contributed by atoms with van der Waals surface area (Å²) in [4.78, 5) is 2.08. The third-order valence-corrected chi connectivity index (χ3v) is 5.03. The number of hydrogen-bond acceptors (Lipinski definition) is 4. The molecule has 1 unspecified atom stereocenters. The summed E-state index contributed by atoms with van der Waals surface area (Å²) in [5.74, 6) is -1.04. The van der Waals surface area contributed by atoms with Gasteiger partial charge in [0.05, 0.1) is 23.6 Å². The van der Waals surface area contributed by atoms with Crippen molar-refractivity contribution < 1.29 is 13.5 Å². The second-order valence-corrected chi connectivity index (χ2v) is 6.66. The molecule has 1 fully saturated rings. The Balaban J connectivity index is 1.67. The summed E-state index contributed by atoms with van der Waals surface area (Å²) in [5.41, 5.74) is 2.08. The molecule has 0 spiro atoms. The van der Waals surface area contributed by atoms with Crippen LogP contribution >= 0.6 is 0 Å². The Morgan fingerprint density at radius 2 is 2.00 bits per heavy atom. The lowest BCUT2D eigenvalue weighted by Crippen LogP contribution is -2.22. The molecule has 7 heteroatoms. The van der Waals surface area contributed by atoms with Gasteiger partial charge >= 0.3 is 0 Å². The molecule has 0 aliphatic carbocycles. The Kier molecular flexibility index (Phi) is 4.80. The Bertz CT molecular complexity index is 1060. The van der Waals surface area contributed by atoms with Crippen LogP contribution in [0.25, 0.3) is 16.9 Å². The van der Waals surface area contributed by atoms with Crippen LogP contribution in [0.4, 0.5) is 14.5 Å². The van der Waals surface area contributed by atoms with Gasteiger partial charge in [-0.15, -0.1) is 0 Å². The van der Waals surface area contributed by atoms with Gasteiger partial charge in [-0.3, -0.25) is 0 Å². The van der Waals surface area contributed by atoms with Gasteiger partial charge in [-0.05, 0) is 42.8 Å². The van der Waals surface area contributed by atoms with Crippen LogP contribution in [0.2, 0.25) is 0 Å². The van der Waals surface area contributed by atoms with Crippen molar-refractivity contribution in [2.45, 2.75) is 12.5 Å². The van der Waals surface area contributed by atoms with Crippen LogP contribution in [-0.2, 0) is 4.74 Å². The van der Waals surface area contributed by atoms with Crippen LogP contribution in [0.15, 0.2) is 48.7 Å². The topological polar surface area (TPSA) is 54.1 Å². The maximum atomic E-state index is 14.9. The monoisotopic (exact) mass is 380 g/mol. The van der Waals surface area contributed by atoms with Gasteiger partial charge < -0.3 is 9.64 Å². The van der Waals surface area contributed by atoms with Crippen molar-refractivity contribution in [1.82, 2.24) is 9.78 Å². The molecular weight excluding hydrogens is 362 g/mol. The normalized spacial score (nSPS) is 16.4. The number of nitriles is 1. The van der Waals surface area contributed by atoms with E-state index in [1.807, 2.05) is 6.07 Å². The highest BCUT2D eigenvalue weighted by molar-refractivity contribution is 5.64. The van der Waals surface area contributed by atoms with Gasteiger partial charge in [-0.2, -0.15) is 10.4 Å². The maximum Gasteiger partial charge on any atom is 0.150 e. The molecule has 3 aromatic rings. The highest BCUT2D eigenvalue weighted by Gasteiger charge is 2.23. The molecule has 0 saturated carbocycles. The van der Waals surface area contributed by atoms with E-state index in [0.29, 0.717) is 11.3 Å². The largest absolute Gasteiger partial charge is 0.380 e. The van der Waals surface area contributed by atoms with Crippen LogP contribution in [0, 0.1) is 23.0 Å². The minimum absolute atomic E-state index is 0.0367. The number of nitrogens with zero attached hydrogens (tertiary/aromatic N) is 4. The molecule has 5 nitrogen and oxygen atoms in total. The molecule has 4 rings (SSSR count). The van der Waals surface area contributed by atoms with Gasteiger partial charge in [0, 0.05) is 31.5 Å². The summed E-state index contributed by atoms with van der Waals surface area (Å²) < 4.78 is 35.7. The third-order valence-electron chi connectivity index (χ3n) is 5.03. The number of anilines is 1. The number of halogens is 2. The molecule has 0 N–H and O–H groups in total. The molecule has 142 valence electrons. The van der Waals surface area contributed by atoms with Gasteiger partial charge in [0.2, 0.25) is 0 Å². The van der Waals surface area contributed by atoms with Crippen LogP contribution < -0.4 is 4.90 Å². The van der Waals surface area contributed by atoms with Crippen molar-refractivity contribution in [2.24, 2.45) is 0 Å². The first-order valence-electron chi connectivity index (χ1n) is 8.92. The molecule has 28 heavy (non-hydrogen) atoms. The van der Waals surface area contributed by atoms with Crippen molar-refractivity contribution in [3.63, 3.8) is 0 Å². The fourth-order valence-electron chi connectivity index (χ4n) is 3.50. The van der Waals surface area contributed by atoms with Gasteiger partial charge in [0.25, 0.3) is 0 Å². The molecule has 1 aliphatic rings. The van der Waals surface area contributed by atoms with E-state index in [-0.39, 0.29) is 17.4 Å². The number of benzene rings is 2. The van der Waals surface area contributed by atoms with Crippen molar-refractivity contribution in [3.8, 4) is 23.0 Å². The Morgan fingerprint density at radius 1 is 1.14 bits per heavy atom. The number of hydrogen-bond donors (Lipinski definition) is 0. The maximum absolute atomic E-state index is 14.9. The fourth-order valence-corrected chi connectivity index (χ4v) is 3.50. The first-order chi connectivity index (χ1) is 13.6. The van der Waals surface area contributed by atoms with E-state index in [2.05, 4.69) is 10.00 Å². The van der Waals surface area contributed by atoms with Gasteiger partial charge in [-0.1, -0.05) is 6.07 Å². The summed E-state index contributed by atoms with van der Waals surface area (Å²) >= 11 is 0. The third kappa shape index (κ3) is 3.23. The quantitative estimate of drug-likeness (QED) is 0.689. The lowest BCUT2D eigenvalue weighted by molar-refractivity contribution is 0.121. The standard InChI is InChI=1S/C21H18F2N4O/c1-28-17-7-9-26(13-17)16-4-5-21(19(23)11-16)27-20(6-8-25-27)14-2-3-15(12-24)18(22)10-14/h2-6,8,10-11,17H,7,9,13H2,1H3. The summed E-state index contributed by atoms with van der Waals surface area (Å²) in [6, 6.07) is 12.8. The molecule has 0 radical (unpaired) electrons. The average molecular weight is 380 g/mol. The first-order valence-corrected chi connectivity index (χ1v) is 8.92. The number of aromatic nitrogens is 2. The summed E-state index contributed by atoms with van der Waals surface area (Å²) in [7, 11) is 1.68. The minimum atomic E-state index is -0.620. The molecule has 1 atom stereocenters. The van der Waals surface area contributed by atoms with Crippen LogP contribution in [0.1, 0.15) is 12.0 Å². The van der Waals surface area contributed by atoms with E-state index in [4.69, 9.17) is 10.00 Å². The second-order valence-electron chi connectivity index (χ2n) is 6.66. The minimum Gasteiger partial charge on any atom is -0.380 e. The van der Waals surface area contributed by atoms with Crippen molar-refractivity contribution in [1.29, 1.82) is 5.26 Å². The summed E-state index contributed by atoms with van der Waals surface area (Å²) in [6.07, 6.45) is 2.60. The van der Waals surface area contributed by atoms with Crippen LogP contribution in [0.3, 0.4) is 0 Å². The van der Waals surface area contributed by atoms with Gasteiger partial charge in [0.1, 0.15) is 17.6 Å². The predicted molar refractivity (Wildman–Crippen MR) is 101 cm³/mol. The highest BCUT2D eigenvalue weighted by atomic mass is 19.1. The SMILES string of the molecule is COC1CCN(c2ccc(-n3nccc3-c3ccc(C#N)c(F)c3)c(F)c2)C1. The van der Waals surface area contributed by atoms with E-state index < -0.39 is 11.6 Å². The molecule has 2 aromatic carbocycles. The average Bonchev–Trinajstić information content (AvgIpc) is 3.37. The molecule has 0 amide bonds. The summed E-state index contributed by atoms with van der Waals surface area (Å²) in [5, 5.41) is 13.1.